The fourth-order valence-electron chi connectivity index (χ4n) is 9.35. The van der Waals surface area contributed by atoms with E-state index >= 15 is 0 Å². The van der Waals surface area contributed by atoms with Gasteiger partial charge in [0.2, 0.25) is 0 Å². The molecule has 1 saturated heterocycles. The average Bonchev–Trinajstić information content (AvgIpc) is 3.76. The number of hydrogen-bond donors (Lipinski definition) is 5. The average molecular weight is 867 g/mol. The highest BCUT2D eigenvalue weighted by atomic mass is 16.7. The van der Waals surface area contributed by atoms with Gasteiger partial charge in [-0.05, 0) is 32.1 Å². The third-order valence-electron chi connectivity index (χ3n) is 13.3. The van der Waals surface area contributed by atoms with Gasteiger partial charge in [0.05, 0.1) is 40.9 Å². The molecule has 0 aromatic heterocycles. The molecular formula is C48H58N4O11. The van der Waals surface area contributed by atoms with E-state index in [1.54, 1.807) is 65.8 Å². The summed E-state index contributed by atoms with van der Waals surface area (Å²) in [5, 5.41) is 50.2. The third-order valence-corrected chi connectivity index (χ3v) is 13.3. The molecule has 9 atom stereocenters. The molecule has 0 aliphatic carbocycles. The zero-order valence-electron chi connectivity index (χ0n) is 37.2. The number of phenolic OH excluding ortho intramolecular Hbond substituents is 2. The number of anilines is 2. The number of Topliss-reactive ketones (excluding diaryl/α,β-unsaturated/α-hetero) is 1. The van der Waals surface area contributed by atoms with Gasteiger partial charge in [0.25, 0.3) is 11.7 Å². The summed E-state index contributed by atoms with van der Waals surface area (Å²) >= 11 is 0. The zero-order valence-corrected chi connectivity index (χ0v) is 37.2. The number of aliphatic hydroxyl groups excluding tert-OH is 2. The molecule has 15 heteroatoms. The van der Waals surface area contributed by atoms with E-state index in [4.69, 9.17) is 28.9 Å². The molecule has 3 aromatic rings. The van der Waals surface area contributed by atoms with Crippen molar-refractivity contribution in [1.82, 2.24) is 0 Å². The number of nitrogens with one attached hydrogen (secondary N) is 1. The minimum atomic E-state index is -1.97. The van der Waals surface area contributed by atoms with E-state index in [1.165, 1.54) is 27.2 Å². The van der Waals surface area contributed by atoms with Crippen LogP contribution in [0.5, 0.6) is 17.2 Å². The van der Waals surface area contributed by atoms with Crippen molar-refractivity contribution < 1.29 is 53.8 Å². The maximum atomic E-state index is 14.8. The van der Waals surface area contributed by atoms with Gasteiger partial charge in [-0.2, -0.15) is 0 Å². The Balaban J connectivity index is 1.39. The summed E-state index contributed by atoms with van der Waals surface area (Å²) < 4.78 is 24.0. The number of hydrogen-bond acceptors (Lipinski definition) is 14. The van der Waals surface area contributed by atoms with Crippen molar-refractivity contribution in [2.24, 2.45) is 33.7 Å². The monoisotopic (exact) mass is 866 g/mol. The van der Waals surface area contributed by atoms with E-state index in [2.05, 4.69) is 10.2 Å². The first-order chi connectivity index (χ1) is 29.8. The Morgan fingerprint density at radius 3 is 2.22 bits per heavy atom. The number of piperidine rings is 1. The van der Waals surface area contributed by atoms with E-state index in [0.717, 1.165) is 5.69 Å². The Labute approximate surface area is 366 Å². The summed E-state index contributed by atoms with van der Waals surface area (Å²) in [4.78, 5) is 53.7. The van der Waals surface area contributed by atoms with E-state index in [0.29, 0.717) is 25.9 Å². The van der Waals surface area contributed by atoms with Crippen LogP contribution in [0.3, 0.4) is 0 Å². The number of esters is 1. The molecule has 63 heavy (non-hydrogen) atoms. The van der Waals surface area contributed by atoms with Gasteiger partial charge in [0.1, 0.15) is 28.6 Å². The normalized spacial score (nSPS) is 31.5. The molecule has 15 nitrogen and oxygen atoms in total. The van der Waals surface area contributed by atoms with Crippen LogP contribution in [0.2, 0.25) is 0 Å². The standard InChI is InChI=1S/C48H58N4O11/c1-24-14-13-15-25(2)46(59)49-38-37-36(50-48(51-37)19-21-52(22-20-48)31-16-11-10-12-17-31)33-34(42(38)57)41(56)29(6)44-35(33)45(58)47(8,63-44)61-23-18-32(60-9)26(3)43(62-30(7)53)28(5)40(55)27(4)39(24)54/h10-18,23-24,26-28,32,39-40,43,54-57H,19-22H2,1-9H3,(H,49,59)/b14-13+,23-18+,25-15-/t24-,26+,27+,28+,32-,39-,40+,43+,47-/m0/s1. The van der Waals surface area contributed by atoms with Crippen LogP contribution in [0.1, 0.15) is 77.2 Å². The first kappa shape index (κ1) is 45.3. The van der Waals surface area contributed by atoms with Gasteiger partial charge in [-0.25, -0.2) is 0 Å². The van der Waals surface area contributed by atoms with Gasteiger partial charge in [-0.3, -0.25) is 24.4 Å². The predicted molar refractivity (Wildman–Crippen MR) is 235 cm³/mol. The van der Waals surface area contributed by atoms with Crippen LogP contribution in [0, 0.1) is 30.6 Å². The number of aliphatic hydroxyl groups is 2. The molecule has 336 valence electrons. The van der Waals surface area contributed by atoms with Crippen molar-refractivity contribution in [3.63, 3.8) is 0 Å². The number of nitrogens with zero attached hydrogens (tertiary/aromatic N) is 3. The zero-order chi connectivity index (χ0) is 45.7. The lowest BCUT2D eigenvalue weighted by Crippen LogP contribution is -2.46. The predicted octanol–water partition coefficient (Wildman–Crippen LogP) is 5.30. The number of benzene rings is 3. The van der Waals surface area contributed by atoms with Crippen LogP contribution < -0.4 is 25.7 Å². The van der Waals surface area contributed by atoms with Crippen molar-refractivity contribution >= 4 is 39.8 Å². The topological polar surface area (TPSA) is 209 Å². The smallest absolute Gasteiger partial charge is 0.312 e. The number of aromatic hydroxyl groups is 2. The fourth-order valence-corrected chi connectivity index (χ4v) is 9.35. The molecule has 0 unspecified atom stereocenters. The van der Waals surface area contributed by atoms with Crippen LogP contribution in [-0.4, -0.2) is 94.2 Å². The van der Waals surface area contributed by atoms with Crippen LogP contribution >= 0.6 is 0 Å². The Morgan fingerprint density at radius 1 is 0.905 bits per heavy atom. The van der Waals surface area contributed by atoms with Crippen molar-refractivity contribution in [2.75, 3.05) is 30.4 Å². The highest BCUT2D eigenvalue weighted by Crippen LogP contribution is 2.50. The number of fused-ring (bicyclic) bond motifs is 1. The summed E-state index contributed by atoms with van der Waals surface area (Å²) in [6.07, 6.45) is 4.85. The number of para-hydroxylation sites is 1. The SMILES string of the molecule is CO[C@H]1/C=C/O[C@@]2(C)Oc3c(C)c(O)c4c(O)c(c5c(c4c3C2=O)=NC2(CCN(c3ccccc3)CC2)N=5)NC(=O)/C(C)=C\C=C\[C@H](C)[C@H](O)[C@@H](C)[C@@H](O)[C@@H](C)[C@H](OC(C)=O)[C@@H]1C. The quantitative estimate of drug-likeness (QED) is 0.168. The maximum Gasteiger partial charge on any atom is 0.312 e. The molecule has 4 bridgehead atoms. The van der Waals surface area contributed by atoms with Gasteiger partial charge in [-0.1, -0.05) is 64.1 Å². The number of carbonyl (C=O) groups is 3. The largest absolute Gasteiger partial charge is 0.507 e. The second kappa shape index (κ2) is 17.4. The Hall–Kier alpha value is -5.77. The molecule has 0 radical (unpaired) electrons. The third kappa shape index (κ3) is 8.17. The second-order valence-electron chi connectivity index (χ2n) is 17.6. The second-order valence-corrected chi connectivity index (χ2v) is 17.6. The molecule has 4 aliphatic heterocycles. The number of methoxy groups -OCH3 is 1. The lowest BCUT2D eigenvalue weighted by molar-refractivity contribution is -0.160. The number of allylic oxidation sites excluding steroid dienone is 2. The van der Waals surface area contributed by atoms with Crippen molar-refractivity contribution in [3.8, 4) is 17.2 Å². The summed E-state index contributed by atoms with van der Waals surface area (Å²) in [7, 11) is 1.46. The van der Waals surface area contributed by atoms with Crippen LogP contribution in [0.15, 0.2) is 76.5 Å². The van der Waals surface area contributed by atoms with E-state index in [-0.39, 0.29) is 55.4 Å². The minimum Gasteiger partial charge on any atom is -0.507 e. The summed E-state index contributed by atoms with van der Waals surface area (Å²) in [6.45, 7) is 14.1. The highest BCUT2D eigenvalue weighted by Gasteiger charge is 2.50. The Kier molecular flexibility index (Phi) is 12.5. The van der Waals surface area contributed by atoms with Crippen LogP contribution in [0.25, 0.3) is 10.8 Å². The van der Waals surface area contributed by atoms with Crippen molar-refractivity contribution in [3.05, 3.63) is 88.3 Å². The number of carbonyl (C=O) groups excluding carboxylic acids is 3. The molecule has 5 N–H and O–H groups in total. The molecular weight excluding hydrogens is 809 g/mol. The van der Waals surface area contributed by atoms with Crippen molar-refractivity contribution in [2.45, 2.75) is 104 Å². The van der Waals surface area contributed by atoms with E-state index in [9.17, 15) is 34.8 Å². The number of rotatable bonds is 3. The molecule has 3 aromatic carbocycles. The van der Waals surface area contributed by atoms with Gasteiger partial charge in [0.15, 0.2) is 11.4 Å². The van der Waals surface area contributed by atoms with Crippen LogP contribution in [0.4, 0.5) is 11.4 Å². The maximum absolute atomic E-state index is 14.8. The molecule has 4 aliphatic rings. The minimum absolute atomic E-state index is 0.0221. The molecule has 1 amide bonds. The Morgan fingerprint density at radius 2 is 1.57 bits per heavy atom. The highest BCUT2D eigenvalue weighted by molar-refractivity contribution is 6.19. The van der Waals surface area contributed by atoms with E-state index < -0.39 is 82.9 Å². The van der Waals surface area contributed by atoms with Gasteiger partial charge in [0, 0.05) is 92.8 Å². The molecule has 1 fully saturated rings. The summed E-state index contributed by atoms with van der Waals surface area (Å²) in [5.74, 6) is -7.01. The Bertz CT molecular complexity index is 2530. The number of ketones is 1. The first-order valence-electron chi connectivity index (χ1n) is 21.5. The number of ether oxygens (including phenoxy) is 4. The van der Waals surface area contributed by atoms with Gasteiger partial charge in [-0.15, -0.1) is 0 Å². The lowest BCUT2D eigenvalue weighted by Gasteiger charge is -2.38. The van der Waals surface area contributed by atoms with E-state index in [1.807, 2.05) is 30.3 Å². The fraction of sp³-hybridized carbons (Fsp3) is 0.479. The van der Waals surface area contributed by atoms with Crippen molar-refractivity contribution in [1.29, 1.82) is 0 Å². The molecule has 1 spiro atoms. The summed E-state index contributed by atoms with van der Waals surface area (Å²) in [5.41, 5.74) is 0.372. The van der Waals surface area contributed by atoms with Gasteiger partial charge < -0.3 is 49.6 Å². The number of amides is 1. The van der Waals surface area contributed by atoms with Gasteiger partial charge >= 0.3 is 11.8 Å². The number of phenols is 2. The molecule has 4 heterocycles. The molecule has 0 saturated carbocycles. The summed E-state index contributed by atoms with van der Waals surface area (Å²) in [6, 6.07) is 9.98. The first-order valence-corrected chi connectivity index (χ1v) is 21.5. The van der Waals surface area contributed by atoms with Crippen LogP contribution in [-0.2, 0) is 23.8 Å². The lowest BCUT2D eigenvalue weighted by atomic mass is 9.78. The molecule has 7 rings (SSSR count).